The lowest BCUT2D eigenvalue weighted by Crippen LogP contribution is -2.35. The zero-order valence-electron chi connectivity index (χ0n) is 12.1. The van der Waals surface area contributed by atoms with Gasteiger partial charge < -0.3 is 5.32 Å². The van der Waals surface area contributed by atoms with Gasteiger partial charge in [-0.2, -0.15) is 5.26 Å². The zero-order chi connectivity index (χ0) is 16.3. The molecule has 1 N–H and O–H groups in total. The molecular formula is C16H14F2N2OS. The normalized spacial score (nSPS) is 11.8. The number of hydrogen-bond donors (Lipinski definition) is 1. The fraction of sp³-hybridized carbons (Fsp3) is 0.250. The lowest BCUT2D eigenvalue weighted by molar-refractivity contribution is 0.0931. The van der Waals surface area contributed by atoms with Gasteiger partial charge in [0.25, 0.3) is 5.91 Å². The maximum atomic E-state index is 13.8. The first-order chi connectivity index (χ1) is 10.4. The van der Waals surface area contributed by atoms with Crippen molar-refractivity contribution in [2.24, 2.45) is 0 Å². The molecule has 1 amide bonds. The fourth-order valence-corrected chi connectivity index (χ4v) is 3.12. The first-order valence-electron chi connectivity index (χ1n) is 6.66. The minimum atomic E-state index is -1.03. The van der Waals surface area contributed by atoms with Crippen molar-refractivity contribution in [1.82, 2.24) is 5.32 Å². The lowest BCUT2D eigenvalue weighted by Gasteiger charge is -2.14. The average Bonchev–Trinajstić information content (AvgIpc) is 2.82. The van der Waals surface area contributed by atoms with E-state index in [0.29, 0.717) is 6.42 Å². The summed E-state index contributed by atoms with van der Waals surface area (Å²) in [4.78, 5) is 14.3. The molecule has 0 aliphatic heterocycles. The summed E-state index contributed by atoms with van der Waals surface area (Å²) in [6, 6.07) is 7.03. The van der Waals surface area contributed by atoms with Gasteiger partial charge in [0.05, 0.1) is 11.6 Å². The van der Waals surface area contributed by atoms with Gasteiger partial charge in [0.2, 0.25) is 0 Å². The molecule has 2 rings (SSSR count). The molecule has 0 aliphatic rings. The van der Waals surface area contributed by atoms with Crippen LogP contribution in [0.25, 0.3) is 0 Å². The van der Waals surface area contributed by atoms with Crippen molar-refractivity contribution in [3.8, 4) is 6.07 Å². The standard InChI is InChI=1S/C16H14F2N2OS/c1-9(5-12-4-3-10(2)22-12)20-16(21)15-13(17)6-11(8-19)7-14(15)18/h3-4,6-7,9H,5H2,1-2H3,(H,20,21)/t9-/m0/s1. The molecule has 3 nitrogen and oxygen atoms in total. The van der Waals surface area contributed by atoms with Gasteiger partial charge in [-0.05, 0) is 38.1 Å². The second kappa shape index (κ2) is 6.67. The van der Waals surface area contributed by atoms with E-state index in [1.54, 1.807) is 24.3 Å². The Morgan fingerprint density at radius 3 is 2.50 bits per heavy atom. The minimum Gasteiger partial charge on any atom is -0.349 e. The molecule has 1 aromatic heterocycles. The summed E-state index contributed by atoms with van der Waals surface area (Å²) in [5.41, 5.74) is -0.818. The van der Waals surface area contributed by atoms with Crippen molar-refractivity contribution >= 4 is 17.2 Å². The predicted octanol–water partition coefficient (Wildman–Crippen LogP) is 3.57. The average molecular weight is 320 g/mol. The Hall–Kier alpha value is -2.26. The summed E-state index contributed by atoms with van der Waals surface area (Å²) in [6.45, 7) is 3.76. The van der Waals surface area contributed by atoms with E-state index in [2.05, 4.69) is 5.32 Å². The maximum absolute atomic E-state index is 13.8. The number of nitrogens with zero attached hydrogens (tertiary/aromatic N) is 1. The number of benzene rings is 1. The summed E-state index contributed by atoms with van der Waals surface area (Å²) in [5, 5.41) is 11.2. The smallest absolute Gasteiger partial charge is 0.257 e. The Morgan fingerprint density at radius 2 is 2.00 bits per heavy atom. The van der Waals surface area contributed by atoms with Gasteiger partial charge in [-0.3, -0.25) is 4.79 Å². The molecule has 1 atom stereocenters. The molecule has 1 heterocycles. The number of carbonyl (C=O) groups excluding carboxylic acids is 1. The Bertz CT molecular complexity index is 726. The Balaban J connectivity index is 2.10. The number of rotatable bonds is 4. The summed E-state index contributed by atoms with van der Waals surface area (Å²) < 4.78 is 27.6. The number of hydrogen-bond acceptors (Lipinski definition) is 3. The summed E-state index contributed by atoms with van der Waals surface area (Å²) >= 11 is 1.61. The summed E-state index contributed by atoms with van der Waals surface area (Å²) in [7, 11) is 0. The molecule has 2 aromatic rings. The third-order valence-electron chi connectivity index (χ3n) is 3.08. The van der Waals surface area contributed by atoms with E-state index in [4.69, 9.17) is 5.26 Å². The van der Waals surface area contributed by atoms with Gasteiger partial charge in [-0.25, -0.2) is 8.78 Å². The van der Waals surface area contributed by atoms with Gasteiger partial charge in [0.1, 0.15) is 17.2 Å². The number of halogens is 2. The number of carbonyl (C=O) groups is 1. The van der Waals surface area contributed by atoms with Crippen LogP contribution < -0.4 is 5.32 Å². The monoisotopic (exact) mass is 320 g/mol. The van der Waals surface area contributed by atoms with E-state index in [0.717, 1.165) is 21.9 Å². The highest BCUT2D eigenvalue weighted by Gasteiger charge is 2.20. The van der Waals surface area contributed by atoms with Gasteiger partial charge in [0.15, 0.2) is 0 Å². The zero-order valence-corrected chi connectivity index (χ0v) is 12.9. The van der Waals surface area contributed by atoms with Gasteiger partial charge in [0, 0.05) is 22.2 Å². The van der Waals surface area contributed by atoms with Gasteiger partial charge >= 0.3 is 0 Å². The first-order valence-corrected chi connectivity index (χ1v) is 7.47. The van der Waals surface area contributed by atoms with E-state index in [1.165, 1.54) is 0 Å². The SMILES string of the molecule is Cc1ccc(C[C@H](C)NC(=O)c2c(F)cc(C#N)cc2F)s1. The molecule has 114 valence electrons. The van der Waals surface area contributed by atoms with E-state index in [9.17, 15) is 13.6 Å². The van der Waals surface area contributed by atoms with E-state index < -0.39 is 23.1 Å². The Morgan fingerprint density at radius 1 is 1.36 bits per heavy atom. The Kier molecular flexibility index (Phi) is 4.88. The largest absolute Gasteiger partial charge is 0.349 e. The van der Waals surface area contributed by atoms with Crippen LogP contribution in [0.3, 0.4) is 0 Å². The van der Waals surface area contributed by atoms with Crippen LogP contribution in [0, 0.1) is 29.9 Å². The topological polar surface area (TPSA) is 52.9 Å². The van der Waals surface area contributed by atoms with Crippen LogP contribution >= 0.6 is 11.3 Å². The highest BCUT2D eigenvalue weighted by atomic mass is 32.1. The third kappa shape index (κ3) is 3.68. The lowest BCUT2D eigenvalue weighted by atomic mass is 10.1. The van der Waals surface area contributed by atoms with Crippen molar-refractivity contribution in [2.45, 2.75) is 26.3 Å². The minimum absolute atomic E-state index is 0.159. The maximum Gasteiger partial charge on any atom is 0.257 e. The van der Waals surface area contributed by atoms with E-state index >= 15 is 0 Å². The molecule has 0 saturated heterocycles. The second-order valence-electron chi connectivity index (χ2n) is 5.02. The molecule has 0 bridgehead atoms. The van der Waals surface area contributed by atoms with E-state index in [1.807, 2.05) is 19.1 Å². The molecule has 0 aliphatic carbocycles. The fourth-order valence-electron chi connectivity index (χ4n) is 2.10. The summed E-state index contributed by atoms with van der Waals surface area (Å²) in [6.07, 6.45) is 0.587. The molecule has 22 heavy (non-hydrogen) atoms. The quantitative estimate of drug-likeness (QED) is 0.936. The number of nitriles is 1. The molecule has 0 unspecified atom stereocenters. The number of nitrogens with one attached hydrogen (secondary N) is 1. The van der Waals surface area contributed by atoms with Crippen molar-refractivity contribution in [2.75, 3.05) is 0 Å². The molecule has 0 spiro atoms. The molecule has 1 aromatic carbocycles. The number of thiophene rings is 1. The van der Waals surface area contributed by atoms with Gasteiger partial charge in [-0.15, -0.1) is 11.3 Å². The molecule has 0 radical (unpaired) electrons. The van der Waals surface area contributed by atoms with Crippen molar-refractivity contribution in [1.29, 1.82) is 5.26 Å². The highest BCUT2D eigenvalue weighted by molar-refractivity contribution is 7.11. The van der Waals surface area contributed by atoms with Crippen LogP contribution in [-0.4, -0.2) is 11.9 Å². The van der Waals surface area contributed by atoms with Crippen molar-refractivity contribution in [3.63, 3.8) is 0 Å². The van der Waals surface area contributed by atoms with Crippen LogP contribution in [0.5, 0.6) is 0 Å². The second-order valence-corrected chi connectivity index (χ2v) is 6.39. The van der Waals surface area contributed by atoms with Crippen molar-refractivity contribution < 1.29 is 13.6 Å². The van der Waals surface area contributed by atoms with E-state index in [-0.39, 0.29) is 11.6 Å². The van der Waals surface area contributed by atoms with Gasteiger partial charge in [-0.1, -0.05) is 0 Å². The molecule has 0 saturated carbocycles. The van der Waals surface area contributed by atoms with Crippen LogP contribution in [0.4, 0.5) is 8.78 Å². The van der Waals surface area contributed by atoms with Crippen molar-refractivity contribution in [3.05, 3.63) is 56.8 Å². The number of amides is 1. The molecular weight excluding hydrogens is 306 g/mol. The van der Waals surface area contributed by atoms with Crippen LogP contribution in [0.1, 0.15) is 32.6 Å². The van der Waals surface area contributed by atoms with Crippen LogP contribution in [0.2, 0.25) is 0 Å². The molecule has 0 fully saturated rings. The summed E-state index contributed by atoms with van der Waals surface area (Å²) in [5.74, 6) is -2.89. The molecule has 6 heteroatoms. The first kappa shape index (κ1) is 16.1. The Labute approximate surface area is 131 Å². The van der Waals surface area contributed by atoms with Crippen LogP contribution in [0.15, 0.2) is 24.3 Å². The predicted molar refractivity (Wildman–Crippen MR) is 80.8 cm³/mol. The third-order valence-corrected chi connectivity index (χ3v) is 4.10. The van der Waals surface area contributed by atoms with Crippen LogP contribution in [-0.2, 0) is 6.42 Å². The number of aryl methyl sites for hydroxylation is 1. The highest BCUT2D eigenvalue weighted by Crippen LogP contribution is 2.18.